The summed E-state index contributed by atoms with van der Waals surface area (Å²) in [4.78, 5) is 46.4. The largest absolute Gasteiger partial charge is 0.356 e. The molecule has 13 heteroatoms. The van der Waals surface area contributed by atoms with Gasteiger partial charge in [-0.2, -0.15) is 5.06 Å². The molecule has 13 nitrogen and oxygen atoms in total. The molecule has 0 aromatic rings. The number of carbonyl (C=O) groups is 4. The predicted molar refractivity (Wildman–Crippen MR) is 141 cm³/mol. The van der Waals surface area contributed by atoms with Gasteiger partial charge in [0.1, 0.15) is 0 Å². The van der Waals surface area contributed by atoms with Gasteiger partial charge in [0.25, 0.3) is 0 Å². The highest BCUT2D eigenvalue weighted by Gasteiger charge is 2.12. The van der Waals surface area contributed by atoms with Crippen LogP contribution in [0, 0.1) is 0 Å². The van der Waals surface area contributed by atoms with Gasteiger partial charge in [-0.15, -0.1) is 0 Å². The number of nitrogens with zero attached hydrogens (tertiary/aromatic N) is 3. The normalized spacial score (nSPS) is 10.9. The van der Waals surface area contributed by atoms with Gasteiger partial charge in [0.05, 0.1) is 0 Å². The topological polar surface area (TPSA) is 189 Å². The first-order valence-electron chi connectivity index (χ1n) is 13.8. The standard InChI is InChI=1S/C25H50N6O7/c1-22(32)30(37)20-10-4-7-16-27-23(33)12-11-19-29(36)18-8-3-6-17-28-24(34)13-14-25(35)31(38)21-9-2-5-15-26/h36-38H,2-21,26H2,1H3,(H,27,33)(H,28,34). The third kappa shape index (κ3) is 21.7. The summed E-state index contributed by atoms with van der Waals surface area (Å²) < 4.78 is 0. The quantitative estimate of drug-likeness (QED) is 0.0590. The van der Waals surface area contributed by atoms with Crippen LogP contribution < -0.4 is 16.4 Å². The maximum atomic E-state index is 11.9. The van der Waals surface area contributed by atoms with Crippen LogP contribution in [-0.2, 0) is 19.2 Å². The lowest BCUT2D eigenvalue weighted by molar-refractivity contribution is -0.166. The van der Waals surface area contributed by atoms with E-state index in [-0.39, 0.29) is 43.7 Å². The van der Waals surface area contributed by atoms with E-state index in [0.717, 1.165) is 44.9 Å². The Morgan fingerprint density at radius 3 is 1.68 bits per heavy atom. The summed E-state index contributed by atoms with van der Waals surface area (Å²) >= 11 is 0. The molecule has 0 unspecified atom stereocenters. The summed E-state index contributed by atoms with van der Waals surface area (Å²) in [5.41, 5.74) is 5.40. The molecule has 0 aliphatic heterocycles. The van der Waals surface area contributed by atoms with Gasteiger partial charge in [0.15, 0.2) is 0 Å². The van der Waals surface area contributed by atoms with E-state index in [1.165, 1.54) is 12.0 Å². The molecule has 0 fully saturated rings. The van der Waals surface area contributed by atoms with E-state index in [9.17, 15) is 34.8 Å². The molecule has 0 aromatic heterocycles. The highest BCUT2D eigenvalue weighted by Crippen LogP contribution is 2.02. The van der Waals surface area contributed by atoms with Gasteiger partial charge in [-0.3, -0.25) is 29.6 Å². The number of hydroxylamine groups is 6. The van der Waals surface area contributed by atoms with Crippen molar-refractivity contribution in [2.24, 2.45) is 5.73 Å². The molecule has 0 heterocycles. The van der Waals surface area contributed by atoms with Crippen molar-refractivity contribution in [2.45, 2.75) is 90.4 Å². The third-order valence-corrected chi connectivity index (χ3v) is 5.90. The Bertz CT molecular complexity index is 668. The van der Waals surface area contributed by atoms with Crippen molar-refractivity contribution < 1.29 is 34.8 Å². The van der Waals surface area contributed by atoms with E-state index < -0.39 is 5.91 Å². The zero-order valence-corrected chi connectivity index (χ0v) is 23.0. The van der Waals surface area contributed by atoms with E-state index >= 15 is 0 Å². The van der Waals surface area contributed by atoms with Crippen molar-refractivity contribution in [3.8, 4) is 0 Å². The van der Waals surface area contributed by atoms with Crippen molar-refractivity contribution in [2.75, 3.05) is 45.8 Å². The van der Waals surface area contributed by atoms with Crippen LogP contribution in [0.3, 0.4) is 0 Å². The Hall–Kier alpha value is -2.32. The van der Waals surface area contributed by atoms with Crippen LogP contribution in [0.25, 0.3) is 0 Å². The number of amides is 4. The summed E-state index contributed by atoms with van der Waals surface area (Å²) in [6.07, 6.45) is 7.72. The molecule has 0 aliphatic carbocycles. The molecule has 0 rings (SSSR count). The van der Waals surface area contributed by atoms with Crippen molar-refractivity contribution in [3.63, 3.8) is 0 Å². The average molecular weight is 547 g/mol. The van der Waals surface area contributed by atoms with Gasteiger partial charge in [-0.25, -0.2) is 10.1 Å². The van der Waals surface area contributed by atoms with Gasteiger partial charge >= 0.3 is 0 Å². The molecule has 0 radical (unpaired) electrons. The highest BCUT2D eigenvalue weighted by atomic mass is 16.5. The molecule has 0 spiro atoms. The first-order valence-corrected chi connectivity index (χ1v) is 13.8. The summed E-state index contributed by atoms with van der Waals surface area (Å²) in [6.45, 7) is 4.30. The molecule has 0 aromatic carbocycles. The van der Waals surface area contributed by atoms with E-state index in [1.807, 2.05) is 0 Å². The molecule has 222 valence electrons. The van der Waals surface area contributed by atoms with Gasteiger partial charge in [-0.05, 0) is 57.9 Å². The second-order valence-electron chi connectivity index (χ2n) is 9.39. The first-order chi connectivity index (χ1) is 18.2. The fraction of sp³-hybridized carbons (Fsp3) is 0.840. The molecule has 4 amide bonds. The predicted octanol–water partition coefficient (Wildman–Crippen LogP) is 1.40. The fourth-order valence-corrected chi connectivity index (χ4v) is 3.54. The van der Waals surface area contributed by atoms with Gasteiger partial charge in [-0.1, -0.05) is 12.8 Å². The second kappa shape index (κ2) is 23.8. The monoisotopic (exact) mass is 546 g/mol. The van der Waals surface area contributed by atoms with Crippen molar-refractivity contribution in [1.82, 2.24) is 25.8 Å². The van der Waals surface area contributed by atoms with Crippen molar-refractivity contribution >= 4 is 23.6 Å². The maximum Gasteiger partial charge on any atom is 0.246 e. The van der Waals surface area contributed by atoms with Crippen LogP contribution in [0.4, 0.5) is 0 Å². The number of nitrogens with one attached hydrogen (secondary N) is 2. The van der Waals surface area contributed by atoms with Gasteiger partial charge < -0.3 is 21.6 Å². The molecule has 0 saturated carbocycles. The molecule has 7 N–H and O–H groups in total. The van der Waals surface area contributed by atoms with Crippen LogP contribution in [-0.4, -0.2) is 100 Å². The SMILES string of the molecule is CC(=O)N(O)CCCCCNC(=O)CCCN(O)CCCCCNC(=O)CCC(=O)N(O)CCCCCN. The Morgan fingerprint density at radius 1 is 0.605 bits per heavy atom. The first kappa shape index (κ1) is 35.7. The average Bonchev–Trinajstić information content (AvgIpc) is 2.88. The minimum atomic E-state index is -0.467. The summed E-state index contributed by atoms with van der Waals surface area (Å²) in [5, 5.41) is 37.0. The van der Waals surface area contributed by atoms with E-state index in [2.05, 4.69) is 10.6 Å². The third-order valence-electron chi connectivity index (χ3n) is 5.90. The zero-order valence-electron chi connectivity index (χ0n) is 23.0. The van der Waals surface area contributed by atoms with Gasteiger partial charge in [0.2, 0.25) is 23.6 Å². The van der Waals surface area contributed by atoms with Crippen LogP contribution in [0.1, 0.15) is 90.4 Å². The lowest BCUT2D eigenvalue weighted by Crippen LogP contribution is -2.31. The molecular weight excluding hydrogens is 496 g/mol. The number of unbranched alkanes of at least 4 members (excludes halogenated alkanes) is 6. The minimum Gasteiger partial charge on any atom is -0.356 e. The fourth-order valence-electron chi connectivity index (χ4n) is 3.54. The maximum absolute atomic E-state index is 11.9. The Labute approximate surface area is 226 Å². The highest BCUT2D eigenvalue weighted by molar-refractivity contribution is 5.83. The Morgan fingerprint density at radius 2 is 1.11 bits per heavy atom. The number of hydrogen-bond acceptors (Lipinski definition) is 9. The molecule has 0 bridgehead atoms. The molecule has 0 saturated heterocycles. The minimum absolute atomic E-state index is 0.0280. The van der Waals surface area contributed by atoms with Crippen molar-refractivity contribution in [1.29, 1.82) is 0 Å². The number of nitrogens with two attached hydrogens (primary N) is 1. The molecule has 0 atom stereocenters. The Kier molecular flexibility index (Phi) is 22.3. The van der Waals surface area contributed by atoms with Crippen molar-refractivity contribution in [3.05, 3.63) is 0 Å². The van der Waals surface area contributed by atoms with Crippen LogP contribution in [0.15, 0.2) is 0 Å². The Balaban J connectivity index is 3.60. The summed E-state index contributed by atoms with van der Waals surface area (Å²) in [6, 6.07) is 0. The lowest BCUT2D eigenvalue weighted by Gasteiger charge is -2.15. The van der Waals surface area contributed by atoms with E-state index in [1.54, 1.807) is 0 Å². The van der Waals surface area contributed by atoms with Gasteiger partial charge in [0, 0.05) is 65.5 Å². The molecule has 38 heavy (non-hydrogen) atoms. The lowest BCUT2D eigenvalue weighted by atomic mass is 10.2. The van der Waals surface area contributed by atoms with E-state index in [0.29, 0.717) is 68.5 Å². The smallest absolute Gasteiger partial charge is 0.246 e. The summed E-state index contributed by atoms with van der Waals surface area (Å²) in [5.74, 6) is -1.16. The number of carbonyl (C=O) groups excluding carboxylic acids is 4. The second-order valence-corrected chi connectivity index (χ2v) is 9.39. The summed E-state index contributed by atoms with van der Waals surface area (Å²) in [7, 11) is 0. The van der Waals surface area contributed by atoms with E-state index in [4.69, 9.17) is 5.73 Å². The molecule has 0 aliphatic rings. The zero-order chi connectivity index (χ0) is 28.6. The number of rotatable bonds is 24. The van der Waals surface area contributed by atoms with Crippen LogP contribution in [0.5, 0.6) is 0 Å². The van der Waals surface area contributed by atoms with Crippen LogP contribution >= 0.6 is 0 Å². The molecular formula is C25H50N6O7. The van der Waals surface area contributed by atoms with Crippen LogP contribution in [0.2, 0.25) is 0 Å². The number of hydrogen-bond donors (Lipinski definition) is 6.